The SMILES string of the molecule is N#Cc1n[nH]c([S+]=O)c1C(F)(F)F. The average Bonchev–Trinajstić information content (AvgIpc) is 2.45. The molecule has 13 heavy (non-hydrogen) atoms. The molecule has 0 saturated heterocycles. The van der Waals surface area contributed by atoms with Crippen LogP contribution in [0.15, 0.2) is 5.03 Å². The number of aromatic nitrogens is 2. The Bertz CT molecular complexity index is 377. The van der Waals surface area contributed by atoms with Crippen molar-refractivity contribution in [1.82, 2.24) is 10.2 Å². The van der Waals surface area contributed by atoms with E-state index in [-0.39, 0.29) is 11.7 Å². The number of nitrogens with zero attached hydrogens (tertiary/aromatic N) is 2. The van der Waals surface area contributed by atoms with Gasteiger partial charge >= 0.3 is 22.9 Å². The highest BCUT2D eigenvalue weighted by Gasteiger charge is 2.44. The molecule has 8 heteroatoms. The van der Waals surface area contributed by atoms with Gasteiger partial charge in [0.05, 0.1) is 0 Å². The van der Waals surface area contributed by atoms with Gasteiger partial charge in [0.1, 0.15) is 6.07 Å². The fraction of sp³-hybridized carbons (Fsp3) is 0.200. The molecule has 1 aromatic rings. The molecular weight excluding hydrogens is 207 g/mol. The largest absolute Gasteiger partial charge is 0.527 e. The monoisotopic (exact) mass is 208 g/mol. The highest BCUT2D eigenvalue weighted by molar-refractivity contribution is 7.65. The molecule has 0 aromatic carbocycles. The average molecular weight is 208 g/mol. The molecule has 1 rings (SSSR count). The predicted molar refractivity (Wildman–Crippen MR) is 34.6 cm³/mol. The van der Waals surface area contributed by atoms with Crippen molar-refractivity contribution in [3.05, 3.63) is 11.3 Å². The number of nitrogens with one attached hydrogen (secondary N) is 1. The summed E-state index contributed by atoms with van der Waals surface area (Å²) in [5, 5.41) is 12.4. The van der Waals surface area contributed by atoms with Crippen LogP contribution in [0.4, 0.5) is 13.2 Å². The summed E-state index contributed by atoms with van der Waals surface area (Å²) in [6.45, 7) is 0. The van der Waals surface area contributed by atoms with Gasteiger partial charge in [0, 0.05) is 4.21 Å². The van der Waals surface area contributed by atoms with Crippen molar-refractivity contribution in [2.24, 2.45) is 0 Å². The second-order valence-electron chi connectivity index (χ2n) is 1.97. The first-order valence-electron chi connectivity index (χ1n) is 2.86. The van der Waals surface area contributed by atoms with E-state index < -0.39 is 22.5 Å². The van der Waals surface area contributed by atoms with E-state index in [0.29, 0.717) is 0 Å². The molecule has 0 saturated carbocycles. The molecule has 4 nitrogen and oxygen atoms in total. The number of alkyl halides is 3. The van der Waals surface area contributed by atoms with Crippen LogP contribution in [0.5, 0.6) is 0 Å². The molecule has 1 N–H and O–H groups in total. The van der Waals surface area contributed by atoms with E-state index >= 15 is 0 Å². The van der Waals surface area contributed by atoms with E-state index in [2.05, 4.69) is 5.10 Å². The van der Waals surface area contributed by atoms with Crippen LogP contribution in [0.2, 0.25) is 0 Å². The lowest BCUT2D eigenvalue weighted by atomic mass is 10.2. The van der Waals surface area contributed by atoms with Crippen LogP contribution in [0, 0.1) is 11.3 Å². The van der Waals surface area contributed by atoms with Crippen LogP contribution < -0.4 is 0 Å². The van der Waals surface area contributed by atoms with E-state index in [1.807, 2.05) is 5.10 Å². The minimum atomic E-state index is -4.73. The van der Waals surface area contributed by atoms with E-state index in [1.165, 1.54) is 6.07 Å². The van der Waals surface area contributed by atoms with Gasteiger partial charge in [-0.05, 0) is 0 Å². The lowest BCUT2D eigenvalue weighted by Crippen LogP contribution is -2.07. The van der Waals surface area contributed by atoms with Crippen molar-refractivity contribution < 1.29 is 17.4 Å². The lowest BCUT2D eigenvalue weighted by Gasteiger charge is -1.99. The van der Waals surface area contributed by atoms with Crippen LogP contribution in [-0.2, 0) is 22.1 Å². The van der Waals surface area contributed by atoms with Gasteiger partial charge in [-0.1, -0.05) is 0 Å². The maximum absolute atomic E-state index is 12.2. The number of hydrogen-bond donors (Lipinski definition) is 1. The minimum absolute atomic E-state index is 0.381. The second-order valence-corrected chi connectivity index (χ2v) is 2.54. The second kappa shape index (κ2) is 3.10. The summed E-state index contributed by atoms with van der Waals surface area (Å²) in [5.74, 6) is 0. The molecule has 0 amide bonds. The summed E-state index contributed by atoms with van der Waals surface area (Å²) in [5.41, 5.74) is -2.11. The summed E-state index contributed by atoms with van der Waals surface area (Å²) in [6, 6.07) is 1.24. The molecule has 0 aliphatic rings. The Labute approximate surface area is 73.9 Å². The van der Waals surface area contributed by atoms with Crippen molar-refractivity contribution in [3.63, 3.8) is 0 Å². The molecule has 0 unspecified atom stereocenters. The topological polar surface area (TPSA) is 69.5 Å². The van der Waals surface area contributed by atoms with Crippen LogP contribution in [0.1, 0.15) is 11.3 Å². The molecule has 0 aliphatic carbocycles. The molecule has 0 atom stereocenters. The first-order chi connectivity index (χ1) is 6.00. The number of nitriles is 1. The fourth-order valence-electron chi connectivity index (χ4n) is 0.730. The van der Waals surface area contributed by atoms with Crippen molar-refractivity contribution in [1.29, 1.82) is 5.26 Å². The van der Waals surface area contributed by atoms with E-state index in [1.54, 1.807) is 0 Å². The quantitative estimate of drug-likeness (QED) is 0.702. The van der Waals surface area contributed by atoms with Crippen LogP contribution in [0.3, 0.4) is 0 Å². The van der Waals surface area contributed by atoms with Crippen LogP contribution >= 0.6 is 0 Å². The standard InChI is InChI=1S/C5HF3N3OS/c6-5(7,8)3-2(1-9)10-11-4(3)13-12/h(H,10,11)/q+1. The van der Waals surface area contributed by atoms with Gasteiger partial charge in [-0.2, -0.15) is 23.5 Å². The zero-order valence-electron chi connectivity index (χ0n) is 5.84. The number of hydrogen-bond acceptors (Lipinski definition) is 3. The van der Waals surface area contributed by atoms with Gasteiger partial charge in [-0.3, -0.25) is 0 Å². The van der Waals surface area contributed by atoms with Crippen molar-refractivity contribution in [3.8, 4) is 6.07 Å². The highest BCUT2D eigenvalue weighted by atomic mass is 32.1. The predicted octanol–water partition coefficient (Wildman–Crippen LogP) is 1.09. The normalized spacial score (nSPS) is 10.9. The third-order valence-corrected chi connectivity index (χ3v) is 1.67. The summed E-state index contributed by atoms with van der Waals surface area (Å²) < 4.78 is 46.6. The number of halogens is 3. The highest BCUT2D eigenvalue weighted by Crippen LogP contribution is 2.33. The third-order valence-electron chi connectivity index (χ3n) is 1.21. The number of aromatic amines is 1. The van der Waals surface area contributed by atoms with E-state index in [9.17, 15) is 17.4 Å². The van der Waals surface area contributed by atoms with Gasteiger partial charge in [-0.15, -0.1) is 0 Å². The first-order valence-corrected chi connectivity index (χ1v) is 3.60. The van der Waals surface area contributed by atoms with E-state index in [0.717, 1.165) is 0 Å². The molecule has 0 aliphatic heterocycles. The zero-order valence-corrected chi connectivity index (χ0v) is 6.66. The Morgan fingerprint density at radius 1 is 1.54 bits per heavy atom. The van der Waals surface area contributed by atoms with Crippen molar-refractivity contribution >= 4 is 11.7 Å². The molecule has 0 bridgehead atoms. The Balaban J connectivity index is 3.39. The van der Waals surface area contributed by atoms with Crippen molar-refractivity contribution in [2.45, 2.75) is 11.2 Å². The molecule has 68 valence electrons. The molecule has 0 fully saturated rings. The van der Waals surface area contributed by atoms with Gasteiger partial charge < -0.3 is 0 Å². The van der Waals surface area contributed by atoms with E-state index in [4.69, 9.17) is 5.26 Å². The van der Waals surface area contributed by atoms with Gasteiger partial charge in [0.15, 0.2) is 11.3 Å². The van der Waals surface area contributed by atoms with Gasteiger partial charge in [0.25, 0.3) is 0 Å². The first kappa shape index (κ1) is 9.60. The Hall–Kier alpha value is -1.49. The third kappa shape index (κ3) is 1.65. The molecule has 1 aromatic heterocycles. The Morgan fingerprint density at radius 3 is 2.54 bits per heavy atom. The van der Waals surface area contributed by atoms with Gasteiger partial charge in [0.2, 0.25) is 0 Å². The van der Waals surface area contributed by atoms with Gasteiger partial charge in [-0.25, -0.2) is 5.10 Å². The molecule has 1 heterocycles. The van der Waals surface area contributed by atoms with Crippen molar-refractivity contribution in [2.75, 3.05) is 0 Å². The zero-order chi connectivity index (χ0) is 10.1. The Morgan fingerprint density at radius 2 is 2.15 bits per heavy atom. The summed E-state index contributed by atoms with van der Waals surface area (Å²) in [4.78, 5) is 0. The van der Waals surface area contributed by atoms with Crippen LogP contribution in [-0.4, -0.2) is 10.2 Å². The maximum atomic E-state index is 12.2. The lowest BCUT2D eigenvalue weighted by molar-refractivity contribution is -0.140. The molecular formula is C5HF3N3OS+. The smallest absolute Gasteiger partial charge is 0.223 e. The molecule has 0 spiro atoms. The number of rotatable bonds is 1. The van der Waals surface area contributed by atoms with Crippen LogP contribution in [0.25, 0.3) is 0 Å². The maximum Gasteiger partial charge on any atom is 0.527 e. The Kier molecular flexibility index (Phi) is 2.29. The minimum Gasteiger partial charge on any atom is -0.223 e. The summed E-state index contributed by atoms with van der Waals surface area (Å²) >= 11 is -0.381. The molecule has 0 radical (unpaired) electrons. The number of H-pyrrole nitrogens is 1. The summed E-state index contributed by atoms with van der Waals surface area (Å²) in [7, 11) is 0. The summed E-state index contributed by atoms with van der Waals surface area (Å²) in [6.07, 6.45) is -4.73. The fourth-order valence-corrected chi connectivity index (χ4v) is 1.11.